The number of nitro benzene ring substituents is 1. The van der Waals surface area contributed by atoms with Crippen molar-refractivity contribution in [1.82, 2.24) is 4.98 Å². The van der Waals surface area contributed by atoms with E-state index in [2.05, 4.69) is 11.4 Å². The van der Waals surface area contributed by atoms with Crippen LogP contribution >= 0.6 is 11.8 Å². The number of carbonyl (C=O) groups is 1. The van der Waals surface area contributed by atoms with Crippen molar-refractivity contribution in [3.05, 3.63) is 100 Å². The van der Waals surface area contributed by atoms with E-state index in [1.807, 2.05) is 60.7 Å². The van der Waals surface area contributed by atoms with Gasteiger partial charge < -0.3 is 10.1 Å². The predicted octanol–water partition coefficient (Wildman–Crippen LogP) is 6.24. The monoisotopic (exact) mass is 510 g/mol. The van der Waals surface area contributed by atoms with Gasteiger partial charge in [0.1, 0.15) is 16.8 Å². The molecule has 1 heterocycles. The minimum atomic E-state index is -0.487. The van der Waals surface area contributed by atoms with Crippen molar-refractivity contribution >= 4 is 29.0 Å². The fraction of sp³-hybridized carbons (Fsp3) is 0.107. The maximum Gasteiger partial charge on any atom is 0.274 e. The molecule has 0 saturated carbocycles. The Balaban J connectivity index is 1.65. The van der Waals surface area contributed by atoms with Crippen molar-refractivity contribution < 1.29 is 14.5 Å². The van der Waals surface area contributed by atoms with Gasteiger partial charge in [0.05, 0.1) is 29.0 Å². The largest absolute Gasteiger partial charge is 0.497 e. The van der Waals surface area contributed by atoms with Crippen molar-refractivity contribution in [2.75, 3.05) is 18.2 Å². The summed E-state index contributed by atoms with van der Waals surface area (Å²) in [6.07, 6.45) is 0. The zero-order valence-corrected chi connectivity index (χ0v) is 20.9. The van der Waals surface area contributed by atoms with E-state index in [-0.39, 0.29) is 17.3 Å². The smallest absolute Gasteiger partial charge is 0.274 e. The Morgan fingerprint density at radius 2 is 1.81 bits per heavy atom. The highest BCUT2D eigenvalue weighted by molar-refractivity contribution is 8.00. The van der Waals surface area contributed by atoms with Crippen LogP contribution < -0.4 is 10.1 Å². The van der Waals surface area contributed by atoms with Crippen LogP contribution in [0.5, 0.6) is 5.75 Å². The van der Waals surface area contributed by atoms with Crippen LogP contribution in [0.25, 0.3) is 22.4 Å². The highest BCUT2D eigenvalue weighted by atomic mass is 32.2. The van der Waals surface area contributed by atoms with Crippen molar-refractivity contribution in [3.8, 4) is 34.2 Å². The lowest BCUT2D eigenvalue weighted by Gasteiger charge is -2.13. The normalized spacial score (nSPS) is 10.4. The van der Waals surface area contributed by atoms with Crippen LogP contribution in [0.15, 0.2) is 83.9 Å². The molecule has 0 spiro atoms. The molecule has 0 fully saturated rings. The van der Waals surface area contributed by atoms with E-state index < -0.39 is 4.92 Å². The van der Waals surface area contributed by atoms with E-state index in [4.69, 9.17) is 9.72 Å². The second kappa shape index (κ2) is 11.4. The first-order chi connectivity index (χ1) is 17.9. The van der Waals surface area contributed by atoms with Gasteiger partial charge in [-0.25, -0.2) is 4.98 Å². The standard InChI is InChI=1S/C28H22N4O4S/c1-18-8-11-21(14-26(18)32(34)35)30-27(33)17-37-28-24(16-29)23(19-9-12-22(36-2)13-10-19)15-25(31-28)20-6-4-3-5-7-20/h3-15H,17H2,1-2H3,(H,30,33). The average Bonchev–Trinajstić information content (AvgIpc) is 2.92. The van der Waals surface area contributed by atoms with E-state index in [0.29, 0.717) is 38.8 Å². The summed E-state index contributed by atoms with van der Waals surface area (Å²) in [6.45, 7) is 1.63. The van der Waals surface area contributed by atoms with Gasteiger partial charge in [-0.05, 0) is 36.8 Å². The summed E-state index contributed by atoms with van der Waals surface area (Å²) in [5.74, 6) is 0.288. The maximum atomic E-state index is 12.7. The highest BCUT2D eigenvalue weighted by Gasteiger charge is 2.18. The lowest BCUT2D eigenvalue weighted by atomic mass is 9.99. The van der Waals surface area contributed by atoms with E-state index in [1.54, 1.807) is 26.2 Å². The molecule has 184 valence electrons. The molecule has 1 aromatic heterocycles. The summed E-state index contributed by atoms with van der Waals surface area (Å²) in [7, 11) is 1.59. The van der Waals surface area contributed by atoms with Crippen LogP contribution in [0.2, 0.25) is 0 Å². The van der Waals surface area contributed by atoms with E-state index in [0.717, 1.165) is 22.9 Å². The van der Waals surface area contributed by atoms with Gasteiger partial charge in [0.25, 0.3) is 5.69 Å². The molecular weight excluding hydrogens is 488 g/mol. The number of nitriles is 1. The van der Waals surface area contributed by atoms with Gasteiger partial charge in [-0.1, -0.05) is 60.3 Å². The number of aromatic nitrogens is 1. The minimum Gasteiger partial charge on any atom is -0.497 e. The third-order valence-corrected chi connectivity index (χ3v) is 6.57. The van der Waals surface area contributed by atoms with Crippen molar-refractivity contribution in [3.63, 3.8) is 0 Å². The van der Waals surface area contributed by atoms with Crippen molar-refractivity contribution in [2.24, 2.45) is 0 Å². The van der Waals surface area contributed by atoms with Gasteiger partial charge >= 0.3 is 0 Å². The number of thioether (sulfide) groups is 1. The molecule has 4 rings (SSSR count). The van der Waals surface area contributed by atoms with E-state index in [9.17, 15) is 20.2 Å². The van der Waals surface area contributed by atoms with Crippen LogP contribution in [0.3, 0.4) is 0 Å². The number of nitrogens with zero attached hydrogens (tertiary/aromatic N) is 3. The number of nitrogens with one attached hydrogen (secondary N) is 1. The Hall–Kier alpha value is -4.68. The molecule has 0 aliphatic heterocycles. The first-order valence-corrected chi connectivity index (χ1v) is 12.2. The molecule has 4 aromatic rings. The second-order valence-corrected chi connectivity index (χ2v) is 9.00. The van der Waals surface area contributed by atoms with Crippen LogP contribution in [0, 0.1) is 28.4 Å². The van der Waals surface area contributed by atoms with Crippen LogP contribution in [-0.2, 0) is 4.79 Å². The van der Waals surface area contributed by atoms with Crippen LogP contribution in [-0.4, -0.2) is 28.7 Å². The molecule has 1 N–H and O–H groups in total. The van der Waals surface area contributed by atoms with E-state index in [1.165, 1.54) is 6.07 Å². The molecule has 0 aliphatic carbocycles. The summed E-state index contributed by atoms with van der Waals surface area (Å²) >= 11 is 1.13. The zero-order valence-electron chi connectivity index (χ0n) is 20.1. The molecule has 0 unspecified atom stereocenters. The number of nitro groups is 1. The number of rotatable bonds is 8. The Morgan fingerprint density at radius 3 is 2.46 bits per heavy atom. The lowest BCUT2D eigenvalue weighted by molar-refractivity contribution is -0.385. The average molecular weight is 511 g/mol. The number of carbonyl (C=O) groups excluding carboxylic acids is 1. The quantitative estimate of drug-likeness (QED) is 0.169. The maximum absolute atomic E-state index is 12.7. The minimum absolute atomic E-state index is 0.0380. The SMILES string of the molecule is COc1ccc(-c2cc(-c3ccccc3)nc(SCC(=O)Nc3ccc(C)c([N+](=O)[O-])c3)c2C#N)cc1. The number of hydrogen-bond acceptors (Lipinski definition) is 7. The van der Waals surface area contributed by atoms with E-state index >= 15 is 0 Å². The molecule has 0 radical (unpaired) electrons. The third kappa shape index (κ3) is 5.94. The molecule has 8 nitrogen and oxygen atoms in total. The molecule has 0 atom stereocenters. The summed E-state index contributed by atoms with van der Waals surface area (Å²) < 4.78 is 5.26. The number of benzene rings is 3. The Morgan fingerprint density at radius 1 is 1.08 bits per heavy atom. The molecule has 1 amide bonds. The lowest BCUT2D eigenvalue weighted by Crippen LogP contribution is -2.14. The Kier molecular flexibility index (Phi) is 7.81. The number of hydrogen-bond donors (Lipinski definition) is 1. The predicted molar refractivity (Wildman–Crippen MR) is 144 cm³/mol. The number of amides is 1. The van der Waals surface area contributed by atoms with Crippen LogP contribution in [0.4, 0.5) is 11.4 Å². The molecule has 37 heavy (non-hydrogen) atoms. The van der Waals surface area contributed by atoms with Gasteiger partial charge in [0.15, 0.2) is 0 Å². The number of ether oxygens (including phenoxy) is 1. The first-order valence-electron chi connectivity index (χ1n) is 11.2. The summed E-state index contributed by atoms with van der Waals surface area (Å²) in [5.41, 5.74) is 4.17. The third-order valence-electron chi connectivity index (χ3n) is 5.60. The Labute approximate surface area is 218 Å². The van der Waals surface area contributed by atoms with Gasteiger partial charge in [0.2, 0.25) is 5.91 Å². The number of anilines is 1. The summed E-state index contributed by atoms with van der Waals surface area (Å²) in [4.78, 5) is 28.1. The van der Waals surface area contributed by atoms with Crippen molar-refractivity contribution in [1.29, 1.82) is 5.26 Å². The molecule has 3 aromatic carbocycles. The highest BCUT2D eigenvalue weighted by Crippen LogP contribution is 2.35. The van der Waals surface area contributed by atoms with Gasteiger partial charge in [-0.15, -0.1) is 0 Å². The second-order valence-electron chi connectivity index (χ2n) is 8.04. The number of aryl methyl sites for hydroxylation is 1. The number of methoxy groups -OCH3 is 1. The van der Waals surface area contributed by atoms with Gasteiger partial charge in [-0.2, -0.15) is 5.26 Å². The summed E-state index contributed by atoms with van der Waals surface area (Å²) in [5, 5.41) is 24.4. The van der Waals surface area contributed by atoms with Crippen molar-refractivity contribution in [2.45, 2.75) is 11.9 Å². The topological polar surface area (TPSA) is 118 Å². The molecule has 0 saturated heterocycles. The summed E-state index contributed by atoms with van der Waals surface area (Å²) in [6, 6.07) is 25.6. The van der Waals surface area contributed by atoms with Gasteiger partial charge in [0, 0.05) is 28.4 Å². The first kappa shape index (κ1) is 25.4. The van der Waals surface area contributed by atoms with Gasteiger partial charge in [-0.3, -0.25) is 14.9 Å². The molecular formula is C28H22N4O4S. The zero-order chi connectivity index (χ0) is 26.4. The molecule has 0 bridgehead atoms. The molecule has 9 heteroatoms. The Bertz CT molecular complexity index is 1500. The fourth-order valence-corrected chi connectivity index (χ4v) is 4.51. The number of pyridine rings is 1. The fourth-order valence-electron chi connectivity index (χ4n) is 3.70. The molecule has 0 aliphatic rings. The van der Waals surface area contributed by atoms with Crippen LogP contribution in [0.1, 0.15) is 11.1 Å².